The Labute approximate surface area is 154 Å². The molecule has 1 atom stereocenters. The predicted octanol–water partition coefficient (Wildman–Crippen LogP) is 5.95. The van der Waals surface area contributed by atoms with Gasteiger partial charge in [-0.2, -0.15) is 0 Å². The van der Waals surface area contributed by atoms with Crippen LogP contribution in [0.4, 0.5) is 0 Å². The van der Waals surface area contributed by atoms with Crippen molar-refractivity contribution in [3.63, 3.8) is 0 Å². The van der Waals surface area contributed by atoms with E-state index in [2.05, 4.69) is 51.2 Å². The topological polar surface area (TPSA) is 29.1 Å². The lowest BCUT2D eigenvalue weighted by molar-refractivity contribution is 0.0980. The third-order valence-electron chi connectivity index (χ3n) is 5.29. The zero-order valence-electron chi connectivity index (χ0n) is 16.6. The molecule has 138 valence electrons. The average molecular weight is 342 g/mol. The second-order valence-corrected chi connectivity index (χ2v) is 7.34. The van der Waals surface area contributed by atoms with Crippen molar-refractivity contribution in [2.75, 3.05) is 6.54 Å². The maximum absolute atomic E-state index is 12.7. The number of Topliss-reactive ketones (excluding diaryl/α,β-unsaturated/α-hetero) is 1. The summed E-state index contributed by atoms with van der Waals surface area (Å²) >= 11 is 0. The normalized spacial score (nSPS) is 15.3. The van der Waals surface area contributed by atoms with Gasteiger partial charge in [0.15, 0.2) is 5.78 Å². The summed E-state index contributed by atoms with van der Waals surface area (Å²) in [4.78, 5) is 12.7. The van der Waals surface area contributed by atoms with Crippen LogP contribution in [0.15, 0.2) is 23.8 Å². The van der Waals surface area contributed by atoms with Crippen molar-refractivity contribution in [1.29, 1.82) is 0 Å². The van der Waals surface area contributed by atoms with Crippen molar-refractivity contribution < 1.29 is 4.79 Å². The van der Waals surface area contributed by atoms with Gasteiger partial charge in [0, 0.05) is 24.6 Å². The summed E-state index contributed by atoms with van der Waals surface area (Å²) in [5, 5.41) is 3.67. The average Bonchev–Trinajstić information content (AvgIpc) is 3.13. The number of hydrogen-bond acceptors (Lipinski definition) is 2. The van der Waals surface area contributed by atoms with Crippen molar-refractivity contribution >= 4 is 5.78 Å². The van der Waals surface area contributed by atoms with Crippen LogP contribution in [-0.2, 0) is 12.8 Å². The molecule has 2 nitrogen and oxygen atoms in total. The molecule has 2 rings (SSSR count). The quantitative estimate of drug-likeness (QED) is 0.421. The van der Waals surface area contributed by atoms with Crippen LogP contribution in [0.25, 0.3) is 0 Å². The number of carbonyl (C=O) groups excluding carboxylic acids is 1. The fourth-order valence-corrected chi connectivity index (χ4v) is 3.83. The van der Waals surface area contributed by atoms with Crippen LogP contribution in [0.2, 0.25) is 0 Å². The van der Waals surface area contributed by atoms with Crippen LogP contribution in [0.1, 0.15) is 99.3 Å². The van der Waals surface area contributed by atoms with Gasteiger partial charge >= 0.3 is 0 Å². The van der Waals surface area contributed by atoms with E-state index in [1.54, 1.807) is 0 Å². The molecule has 0 saturated carbocycles. The molecular formula is C23H35NO. The second-order valence-electron chi connectivity index (χ2n) is 7.34. The minimum absolute atomic E-state index is 0.274. The van der Waals surface area contributed by atoms with Gasteiger partial charge in [0.1, 0.15) is 0 Å². The summed E-state index contributed by atoms with van der Waals surface area (Å²) in [6.07, 6.45) is 10.8. The summed E-state index contributed by atoms with van der Waals surface area (Å²) in [6.45, 7) is 9.66. The van der Waals surface area contributed by atoms with Gasteiger partial charge in [-0.05, 0) is 68.2 Å². The molecule has 1 aromatic carbocycles. The molecule has 0 radical (unpaired) electrons. The zero-order chi connectivity index (χ0) is 18.2. The monoisotopic (exact) mass is 341 g/mol. The summed E-state index contributed by atoms with van der Waals surface area (Å²) < 4.78 is 0. The fourth-order valence-electron chi connectivity index (χ4n) is 3.83. The largest absolute Gasteiger partial charge is 0.306 e. The first-order valence-corrected chi connectivity index (χ1v) is 10.2. The highest BCUT2D eigenvalue weighted by molar-refractivity contribution is 5.98. The zero-order valence-corrected chi connectivity index (χ0v) is 16.6. The number of nitrogens with one attached hydrogen (secondary N) is 1. The number of hydrogen-bond donors (Lipinski definition) is 1. The summed E-state index contributed by atoms with van der Waals surface area (Å²) in [7, 11) is 0. The van der Waals surface area contributed by atoms with Gasteiger partial charge in [-0.1, -0.05) is 44.9 Å². The van der Waals surface area contributed by atoms with Crippen molar-refractivity contribution in [3.8, 4) is 0 Å². The van der Waals surface area contributed by atoms with E-state index in [0.717, 1.165) is 37.8 Å². The van der Waals surface area contributed by atoms with E-state index in [1.807, 2.05) is 0 Å². The Bertz CT molecular complexity index is 615. The Hall–Kier alpha value is -1.41. The van der Waals surface area contributed by atoms with E-state index in [9.17, 15) is 4.79 Å². The molecule has 25 heavy (non-hydrogen) atoms. The number of rotatable bonds is 10. The van der Waals surface area contributed by atoms with Crippen molar-refractivity contribution in [2.24, 2.45) is 0 Å². The maximum Gasteiger partial charge on any atom is 0.163 e. The molecule has 1 aromatic rings. The van der Waals surface area contributed by atoms with Gasteiger partial charge in [0.2, 0.25) is 0 Å². The second kappa shape index (κ2) is 9.91. The molecule has 0 aromatic heterocycles. The Morgan fingerprint density at radius 3 is 2.60 bits per heavy atom. The molecule has 1 aliphatic rings. The molecular weight excluding hydrogens is 306 g/mol. The van der Waals surface area contributed by atoms with Crippen LogP contribution >= 0.6 is 0 Å². The Morgan fingerprint density at radius 2 is 2.00 bits per heavy atom. The molecule has 1 aliphatic carbocycles. The van der Waals surface area contributed by atoms with Crippen LogP contribution in [0, 0.1) is 0 Å². The van der Waals surface area contributed by atoms with Crippen LogP contribution < -0.4 is 5.32 Å². The van der Waals surface area contributed by atoms with E-state index in [0.29, 0.717) is 12.2 Å². The van der Waals surface area contributed by atoms with Gasteiger partial charge in [-0.3, -0.25) is 4.79 Å². The predicted molar refractivity (Wildman–Crippen MR) is 107 cm³/mol. The van der Waals surface area contributed by atoms with Crippen LogP contribution in [-0.4, -0.2) is 12.3 Å². The highest BCUT2D eigenvalue weighted by atomic mass is 16.1. The first-order valence-electron chi connectivity index (χ1n) is 10.2. The highest BCUT2D eigenvalue weighted by Gasteiger charge is 2.17. The van der Waals surface area contributed by atoms with Crippen LogP contribution in [0.3, 0.4) is 0 Å². The number of allylic oxidation sites excluding steroid dienone is 1. The number of ketones is 1. The van der Waals surface area contributed by atoms with Gasteiger partial charge in [0.25, 0.3) is 0 Å². The smallest absolute Gasteiger partial charge is 0.163 e. The Morgan fingerprint density at radius 1 is 1.20 bits per heavy atom. The van der Waals surface area contributed by atoms with Gasteiger partial charge in [0.05, 0.1) is 0 Å². The standard InChI is InChI=1S/C23H35NO/c1-5-10-19-14-20(17(4)24-16-18-12-8-9-13-18)15-22(21(19)7-3)23(25)11-6-2/h12,14-15,17,24H,5-11,13,16H2,1-4H3. The summed E-state index contributed by atoms with van der Waals surface area (Å²) in [6, 6.07) is 4.78. The Kier molecular flexibility index (Phi) is 7.90. The third-order valence-corrected chi connectivity index (χ3v) is 5.29. The maximum atomic E-state index is 12.7. The molecule has 0 aliphatic heterocycles. The highest BCUT2D eigenvalue weighted by Crippen LogP contribution is 2.26. The third kappa shape index (κ3) is 5.28. The molecule has 0 heterocycles. The number of aryl methyl sites for hydroxylation is 1. The summed E-state index contributed by atoms with van der Waals surface area (Å²) in [5.41, 5.74) is 6.41. The molecule has 0 spiro atoms. The minimum Gasteiger partial charge on any atom is -0.306 e. The fraction of sp³-hybridized carbons (Fsp3) is 0.609. The minimum atomic E-state index is 0.274. The molecule has 1 N–H and O–H groups in total. The van der Waals surface area contributed by atoms with E-state index in [1.165, 1.54) is 41.5 Å². The van der Waals surface area contributed by atoms with Gasteiger partial charge < -0.3 is 5.32 Å². The molecule has 0 amide bonds. The van der Waals surface area contributed by atoms with Gasteiger partial charge in [-0.25, -0.2) is 0 Å². The molecule has 2 heteroatoms. The number of benzene rings is 1. The molecule has 0 saturated heterocycles. The van der Waals surface area contributed by atoms with Crippen LogP contribution in [0.5, 0.6) is 0 Å². The number of carbonyl (C=O) groups is 1. The van der Waals surface area contributed by atoms with Gasteiger partial charge in [-0.15, -0.1) is 0 Å². The lowest BCUT2D eigenvalue weighted by Gasteiger charge is -2.20. The molecule has 0 fully saturated rings. The lowest BCUT2D eigenvalue weighted by Crippen LogP contribution is -2.22. The first kappa shape index (κ1) is 19.9. The van der Waals surface area contributed by atoms with Crippen molar-refractivity contribution in [3.05, 3.63) is 46.0 Å². The van der Waals surface area contributed by atoms with Crippen molar-refractivity contribution in [1.82, 2.24) is 5.32 Å². The van der Waals surface area contributed by atoms with E-state index >= 15 is 0 Å². The van der Waals surface area contributed by atoms with E-state index in [-0.39, 0.29) is 6.04 Å². The van der Waals surface area contributed by atoms with E-state index < -0.39 is 0 Å². The van der Waals surface area contributed by atoms with Crippen molar-refractivity contribution in [2.45, 2.75) is 85.1 Å². The Balaban J connectivity index is 2.27. The SMILES string of the molecule is CCCC(=O)c1cc(C(C)NCC2=CCCC2)cc(CCC)c1CC. The lowest BCUT2D eigenvalue weighted by atomic mass is 9.88. The first-order chi connectivity index (χ1) is 12.1. The summed E-state index contributed by atoms with van der Waals surface area (Å²) in [5.74, 6) is 0.309. The van der Waals surface area contributed by atoms with E-state index in [4.69, 9.17) is 0 Å². The molecule has 1 unspecified atom stereocenters. The molecule has 0 bridgehead atoms.